The molecule has 0 radical (unpaired) electrons. The van der Waals surface area contributed by atoms with E-state index in [4.69, 9.17) is 4.74 Å². The molecule has 3 heterocycles. The Morgan fingerprint density at radius 2 is 1.88 bits per heavy atom. The number of carbonyl (C=O) groups is 2. The van der Waals surface area contributed by atoms with Crippen LogP contribution in [-0.4, -0.2) is 52.2 Å². The van der Waals surface area contributed by atoms with Crippen LogP contribution in [0.1, 0.15) is 44.1 Å². The van der Waals surface area contributed by atoms with Gasteiger partial charge in [0.25, 0.3) is 0 Å². The molecule has 2 fully saturated rings. The number of benzene rings is 1. The average molecular weight is 465 g/mol. The highest BCUT2D eigenvalue weighted by atomic mass is 19.1. The molecule has 5 rings (SSSR count). The second-order valence-corrected chi connectivity index (χ2v) is 9.27. The summed E-state index contributed by atoms with van der Waals surface area (Å²) in [4.78, 5) is 28.7. The van der Waals surface area contributed by atoms with Gasteiger partial charge in [0, 0.05) is 18.7 Å². The first kappa shape index (κ1) is 22.4. The first-order chi connectivity index (χ1) is 16.5. The summed E-state index contributed by atoms with van der Waals surface area (Å²) in [7, 11) is 1.61. The molecule has 2 amide bonds. The predicted octanol–water partition coefficient (Wildman–Crippen LogP) is 4.12. The van der Waals surface area contributed by atoms with E-state index in [1.165, 1.54) is 4.90 Å². The van der Waals surface area contributed by atoms with Gasteiger partial charge in [-0.1, -0.05) is 37.5 Å². The molecule has 1 saturated heterocycles. The molecular weight excluding hydrogens is 435 g/mol. The van der Waals surface area contributed by atoms with Gasteiger partial charge in [-0.15, -0.1) is 0 Å². The van der Waals surface area contributed by atoms with E-state index in [0.717, 1.165) is 36.1 Å². The quantitative estimate of drug-likeness (QED) is 0.616. The van der Waals surface area contributed by atoms with Crippen molar-refractivity contribution in [1.29, 1.82) is 0 Å². The van der Waals surface area contributed by atoms with Crippen LogP contribution in [0.25, 0.3) is 5.52 Å². The lowest BCUT2D eigenvalue weighted by Crippen LogP contribution is -2.52. The van der Waals surface area contributed by atoms with E-state index in [1.54, 1.807) is 23.9 Å². The van der Waals surface area contributed by atoms with Gasteiger partial charge >= 0.3 is 0 Å². The molecule has 1 aromatic carbocycles. The van der Waals surface area contributed by atoms with Crippen molar-refractivity contribution in [2.45, 2.75) is 56.2 Å². The maximum absolute atomic E-state index is 14.6. The average Bonchev–Trinajstić information content (AvgIpc) is 3.46. The Morgan fingerprint density at radius 1 is 1.12 bits per heavy atom. The monoisotopic (exact) mass is 464 g/mol. The van der Waals surface area contributed by atoms with E-state index in [2.05, 4.69) is 10.4 Å². The number of hydrogen-bond acceptors (Lipinski definition) is 4. The molecule has 1 aliphatic heterocycles. The van der Waals surface area contributed by atoms with E-state index in [0.29, 0.717) is 18.7 Å². The zero-order valence-corrected chi connectivity index (χ0v) is 19.2. The Bertz CT molecular complexity index is 1150. The third kappa shape index (κ3) is 4.02. The van der Waals surface area contributed by atoms with Crippen molar-refractivity contribution in [1.82, 2.24) is 14.5 Å². The molecule has 0 spiro atoms. The molecule has 3 aromatic rings. The highest BCUT2D eigenvalue weighted by Crippen LogP contribution is 2.43. The molecule has 1 N–H and O–H groups in total. The van der Waals surface area contributed by atoms with Gasteiger partial charge < -0.3 is 15.0 Å². The smallest absolute Gasteiger partial charge is 0.248 e. The van der Waals surface area contributed by atoms with Crippen molar-refractivity contribution in [2.24, 2.45) is 0 Å². The van der Waals surface area contributed by atoms with Gasteiger partial charge in [0.1, 0.15) is 18.0 Å². The number of halogens is 1. The van der Waals surface area contributed by atoms with Crippen LogP contribution in [0.3, 0.4) is 0 Å². The third-order valence-corrected chi connectivity index (χ3v) is 7.19. The summed E-state index contributed by atoms with van der Waals surface area (Å²) in [6.07, 6.45) is 4.82. The fraction of sp³-hybridized carbons (Fsp3) is 0.423. The van der Waals surface area contributed by atoms with Gasteiger partial charge in [-0.25, -0.2) is 8.91 Å². The fourth-order valence-electron chi connectivity index (χ4n) is 5.43. The topological polar surface area (TPSA) is 75.9 Å². The standard InChI is InChI=1S/C26H29FN4O3/c1-34-21-10-8-18(9-11-21)26(12-4-2-5-13-26)25(33)30-17-19(27)15-22(30)24(32)28-23-16-20-7-3-6-14-31(20)29-23/h3,6-11,14,16,19,22H,2,4-5,12-13,15,17H2,1H3,(H,28,29,32)/t19-,22-/m1/s1. The number of rotatable bonds is 5. The number of anilines is 1. The Kier molecular flexibility index (Phi) is 5.98. The van der Waals surface area contributed by atoms with Crippen LogP contribution in [0.4, 0.5) is 10.2 Å². The SMILES string of the molecule is COc1ccc(C2(C(=O)N3C[C@H](F)C[C@@H]3C(=O)Nc3cc4ccccn4n3)CCCCC2)cc1. The maximum Gasteiger partial charge on any atom is 0.248 e. The van der Waals surface area contributed by atoms with E-state index in [-0.39, 0.29) is 18.9 Å². The zero-order valence-electron chi connectivity index (χ0n) is 19.2. The minimum atomic E-state index is -1.24. The first-order valence-corrected chi connectivity index (χ1v) is 11.9. The number of carbonyl (C=O) groups excluding carboxylic acids is 2. The van der Waals surface area contributed by atoms with Gasteiger partial charge in [-0.05, 0) is 42.7 Å². The lowest BCUT2D eigenvalue weighted by Gasteiger charge is -2.40. The van der Waals surface area contributed by atoms with Crippen LogP contribution >= 0.6 is 0 Å². The minimum Gasteiger partial charge on any atom is -0.497 e. The van der Waals surface area contributed by atoms with Crippen LogP contribution in [0.2, 0.25) is 0 Å². The van der Waals surface area contributed by atoms with E-state index in [9.17, 15) is 14.0 Å². The van der Waals surface area contributed by atoms with Crippen LogP contribution in [0, 0.1) is 0 Å². The van der Waals surface area contributed by atoms with Crippen molar-refractivity contribution >= 4 is 23.1 Å². The van der Waals surface area contributed by atoms with Gasteiger partial charge in [0.2, 0.25) is 11.8 Å². The van der Waals surface area contributed by atoms with Crippen LogP contribution in [0.5, 0.6) is 5.75 Å². The largest absolute Gasteiger partial charge is 0.497 e. The molecule has 2 atom stereocenters. The van der Waals surface area contributed by atoms with Crippen LogP contribution < -0.4 is 10.1 Å². The van der Waals surface area contributed by atoms with Crippen molar-refractivity contribution in [3.63, 3.8) is 0 Å². The molecule has 2 aliphatic rings. The van der Waals surface area contributed by atoms with Crippen LogP contribution in [-0.2, 0) is 15.0 Å². The van der Waals surface area contributed by atoms with Gasteiger partial charge in [-0.2, -0.15) is 5.10 Å². The molecule has 34 heavy (non-hydrogen) atoms. The molecule has 178 valence electrons. The minimum absolute atomic E-state index is 0.0103. The summed E-state index contributed by atoms with van der Waals surface area (Å²) < 4.78 is 21.6. The maximum atomic E-state index is 14.6. The lowest BCUT2D eigenvalue weighted by molar-refractivity contribution is -0.143. The van der Waals surface area contributed by atoms with E-state index >= 15 is 0 Å². The Morgan fingerprint density at radius 3 is 2.59 bits per heavy atom. The van der Waals surface area contributed by atoms with Crippen LogP contribution in [0.15, 0.2) is 54.7 Å². The normalized spacial score (nSPS) is 22.0. The number of likely N-dealkylation sites (tertiary alicyclic amines) is 1. The zero-order chi connectivity index (χ0) is 23.7. The van der Waals surface area contributed by atoms with Crippen molar-refractivity contribution < 1.29 is 18.7 Å². The van der Waals surface area contributed by atoms with Crippen molar-refractivity contribution in [3.8, 4) is 5.75 Å². The number of pyridine rings is 1. The molecular formula is C26H29FN4O3. The molecule has 0 unspecified atom stereocenters. The Labute approximate surface area is 197 Å². The molecule has 1 saturated carbocycles. The van der Waals surface area contributed by atoms with Crippen molar-refractivity contribution in [3.05, 3.63) is 60.3 Å². The first-order valence-electron chi connectivity index (χ1n) is 11.9. The number of methoxy groups -OCH3 is 1. The number of amides is 2. The summed E-state index contributed by atoms with van der Waals surface area (Å²) in [5.74, 6) is 0.538. The Hall–Kier alpha value is -3.42. The predicted molar refractivity (Wildman–Crippen MR) is 127 cm³/mol. The highest BCUT2D eigenvalue weighted by Gasteiger charge is 2.49. The van der Waals surface area contributed by atoms with E-state index in [1.807, 2.05) is 42.5 Å². The molecule has 7 nitrogen and oxygen atoms in total. The van der Waals surface area contributed by atoms with Gasteiger partial charge in [-0.3, -0.25) is 9.59 Å². The lowest BCUT2D eigenvalue weighted by atomic mass is 9.68. The second kappa shape index (κ2) is 9.08. The number of aromatic nitrogens is 2. The summed E-state index contributed by atoms with van der Waals surface area (Å²) >= 11 is 0. The van der Waals surface area contributed by atoms with E-state index < -0.39 is 23.5 Å². The number of alkyl halides is 1. The molecule has 2 aromatic heterocycles. The van der Waals surface area contributed by atoms with Gasteiger partial charge in [0.05, 0.1) is 24.6 Å². The summed E-state index contributed by atoms with van der Waals surface area (Å²) in [5.41, 5.74) is 0.983. The van der Waals surface area contributed by atoms with Gasteiger partial charge in [0.15, 0.2) is 5.82 Å². The summed E-state index contributed by atoms with van der Waals surface area (Å²) in [6, 6.07) is 14.1. The van der Waals surface area contributed by atoms with Crippen molar-refractivity contribution in [2.75, 3.05) is 19.0 Å². The Balaban J connectivity index is 1.42. The molecule has 8 heteroatoms. The number of nitrogens with one attached hydrogen (secondary N) is 1. The highest BCUT2D eigenvalue weighted by molar-refractivity contribution is 5.99. The molecule has 1 aliphatic carbocycles. The fourth-order valence-corrected chi connectivity index (χ4v) is 5.43. The molecule has 0 bridgehead atoms. The summed E-state index contributed by atoms with van der Waals surface area (Å²) in [5, 5.41) is 7.16. The number of ether oxygens (including phenoxy) is 1. The summed E-state index contributed by atoms with van der Waals surface area (Å²) in [6.45, 7) is -0.0695. The number of nitrogens with zero attached hydrogens (tertiary/aromatic N) is 3. The third-order valence-electron chi connectivity index (χ3n) is 7.19. The number of hydrogen-bond donors (Lipinski definition) is 1. The second-order valence-electron chi connectivity index (χ2n) is 9.27. The number of fused-ring (bicyclic) bond motifs is 1.